The Bertz CT molecular complexity index is 740. The lowest BCUT2D eigenvalue weighted by atomic mass is 10.1. The molecule has 4 rings (SSSR count). The number of ether oxygens (including phenoxy) is 1. The molecule has 0 spiro atoms. The lowest BCUT2D eigenvalue weighted by Crippen LogP contribution is -2.48. The molecule has 2 aliphatic rings. The number of hydrogen-bond acceptors (Lipinski definition) is 7. The summed E-state index contributed by atoms with van der Waals surface area (Å²) in [6.45, 7) is 7.12. The van der Waals surface area contributed by atoms with Gasteiger partial charge in [0.25, 0.3) is 5.91 Å². The van der Waals surface area contributed by atoms with Gasteiger partial charge in [0.1, 0.15) is 5.51 Å². The number of nitrogens with one attached hydrogen (secondary N) is 1. The standard InChI is InChI=1S/C19H25N5O2S/c25-18(21-19-22-20-14-27-19)16-4-1-3-15(11-16)12-23-6-8-24(9-7-23)13-17-5-2-10-26-17/h1,3-4,11,14,17H,2,5-10,12-13H2,(H,21,22,25)/t17-/m0/s1. The zero-order valence-corrected chi connectivity index (χ0v) is 16.2. The summed E-state index contributed by atoms with van der Waals surface area (Å²) in [5, 5.41) is 10.9. The van der Waals surface area contributed by atoms with Crippen LogP contribution in [0.2, 0.25) is 0 Å². The van der Waals surface area contributed by atoms with Crippen LogP contribution in [0, 0.1) is 0 Å². The van der Waals surface area contributed by atoms with E-state index >= 15 is 0 Å². The normalized spacial score (nSPS) is 21.4. The van der Waals surface area contributed by atoms with Crippen molar-refractivity contribution in [3.05, 3.63) is 40.9 Å². The first kappa shape index (κ1) is 18.5. The molecule has 0 unspecified atom stereocenters. The summed E-state index contributed by atoms with van der Waals surface area (Å²) >= 11 is 1.31. The smallest absolute Gasteiger partial charge is 0.257 e. The molecule has 7 nitrogen and oxygen atoms in total. The number of hydrogen-bond donors (Lipinski definition) is 1. The molecule has 0 saturated carbocycles. The van der Waals surface area contributed by atoms with Crippen molar-refractivity contribution in [2.45, 2.75) is 25.5 Å². The Morgan fingerprint density at radius 2 is 2.11 bits per heavy atom. The van der Waals surface area contributed by atoms with E-state index in [-0.39, 0.29) is 5.91 Å². The first-order valence-corrected chi connectivity index (χ1v) is 10.4. The fraction of sp³-hybridized carbons (Fsp3) is 0.526. The Morgan fingerprint density at radius 1 is 1.26 bits per heavy atom. The van der Waals surface area contributed by atoms with Gasteiger partial charge < -0.3 is 4.74 Å². The second kappa shape index (κ2) is 8.88. The van der Waals surface area contributed by atoms with Gasteiger partial charge in [-0.2, -0.15) is 0 Å². The molecule has 1 N–H and O–H groups in total. The van der Waals surface area contributed by atoms with E-state index in [4.69, 9.17) is 4.74 Å². The van der Waals surface area contributed by atoms with Crippen molar-refractivity contribution < 1.29 is 9.53 Å². The highest BCUT2D eigenvalue weighted by atomic mass is 32.1. The molecular weight excluding hydrogens is 362 g/mol. The number of rotatable bonds is 6. The fourth-order valence-corrected chi connectivity index (χ4v) is 4.11. The maximum Gasteiger partial charge on any atom is 0.257 e. The minimum absolute atomic E-state index is 0.144. The third-order valence-corrected chi connectivity index (χ3v) is 5.73. The van der Waals surface area contributed by atoms with Crippen LogP contribution in [0.15, 0.2) is 29.8 Å². The van der Waals surface area contributed by atoms with Crippen LogP contribution in [0.5, 0.6) is 0 Å². The molecule has 2 saturated heterocycles. The van der Waals surface area contributed by atoms with Gasteiger partial charge in [-0.05, 0) is 30.5 Å². The Morgan fingerprint density at radius 3 is 2.85 bits per heavy atom. The van der Waals surface area contributed by atoms with Crippen molar-refractivity contribution >= 4 is 22.4 Å². The van der Waals surface area contributed by atoms with E-state index < -0.39 is 0 Å². The van der Waals surface area contributed by atoms with Crippen molar-refractivity contribution in [2.75, 3.05) is 44.6 Å². The monoisotopic (exact) mass is 387 g/mol. The van der Waals surface area contributed by atoms with Gasteiger partial charge in [0.15, 0.2) is 0 Å². The molecule has 0 aliphatic carbocycles. The zero-order chi connectivity index (χ0) is 18.5. The van der Waals surface area contributed by atoms with Gasteiger partial charge in [-0.25, -0.2) is 0 Å². The number of carbonyl (C=O) groups excluding carboxylic acids is 1. The predicted octanol–water partition coefficient (Wildman–Crippen LogP) is 2.09. The molecule has 144 valence electrons. The highest BCUT2D eigenvalue weighted by Crippen LogP contribution is 2.16. The van der Waals surface area contributed by atoms with E-state index in [1.54, 1.807) is 5.51 Å². The molecule has 1 aromatic heterocycles. The Balaban J connectivity index is 1.28. The zero-order valence-electron chi connectivity index (χ0n) is 15.3. The van der Waals surface area contributed by atoms with Crippen molar-refractivity contribution in [1.29, 1.82) is 0 Å². The predicted molar refractivity (Wildman–Crippen MR) is 105 cm³/mol. The first-order chi connectivity index (χ1) is 13.3. The van der Waals surface area contributed by atoms with E-state index in [0.29, 0.717) is 16.8 Å². The quantitative estimate of drug-likeness (QED) is 0.818. The number of aromatic nitrogens is 2. The molecule has 1 aromatic carbocycles. The molecule has 2 fully saturated rings. The van der Waals surface area contributed by atoms with Crippen LogP contribution in [0.1, 0.15) is 28.8 Å². The van der Waals surface area contributed by atoms with Gasteiger partial charge in [-0.15, -0.1) is 10.2 Å². The molecule has 27 heavy (non-hydrogen) atoms. The maximum atomic E-state index is 12.4. The van der Waals surface area contributed by atoms with Crippen LogP contribution in [0.3, 0.4) is 0 Å². The van der Waals surface area contributed by atoms with Crippen LogP contribution in [-0.2, 0) is 11.3 Å². The largest absolute Gasteiger partial charge is 0.377 e. The van der Waals surface area contributed by atoms with Crippen LogP contribution in [0.4, 0.5) is 5.13 Å². The third kappa shape index (κ3) is 5.10. The van der Waals surface area contributed by atoms with Crippen molar-refractivity contribution in [3.63, 3.8) is 0 Å². The average molecular weight is 388 g/mol. The number of nitrogens with zero attached hydrogens (tertiary/aromatic N) is 4. The van der Waals surface area contributed by atoms with Crippen LogP contribution < -0.4 is 5.32 Å². The molecule has 1 amide bonds. The minimum atomic E-state index is -0.144. The molecular formula is C19H25N5O2S. The van der Waals surface area contributed by atoms with E-state index in [1.165, 1.54) is 24.2 Å². The maximum absolute atomic E-state index is 12.4. The lowest BCUT2D eigenvalue weighted by Gasteiger charge is -2.35. The molecule has 3 heterocycles. The number of amides is 1. The Hall–Kier alpha value is -1.87. The number of carbonyl (C=O) groups is 1. The Labute approximate surface area is 163 Å². The second-order valence-corrected chi connectivity index (χ2v) is 7.94. The highest BCUT2D eigenvalue weighted by molar-refractivity contribution is 7.13. The summed E-state index contributed by atoms with van der Waals surface area (Å²) in [7, 11) is 0. The second-order valence-electron chi connectivity index (χ2n) is 7.11. The first-order valence-electron chi connectivity index (χ1n) is 9.49. The van der Waals surface area contributed by atoms with Gasteiger partial charge in [0, 0.05) is 51.4 Å². The van der Waals surface area contributed by atoms with Gasteiger partial charge in [0.2, 0.25) is 5.13 Å². The van der Waals surface area contributed by atoms with Crippen molar-refractivity contribution in [3.8, 4) is 0 Å². The SMILES string of the molecule is O=C(Nc1nncs1)c1cccc(CN2CCN(C[C@@H]3CCCO3)CC2)c1. The molecule has 1 atom stereocenters. The summed E-state index contributed by atoms with van der Waals surface area (Å²) in [6, 6.07) is 7.83. The summed E-state index contributed by atoms with van der Waals surface area (Å²) in [6.07, 6.45) is 2.83. The number of anilines is 1. The average Bonchev–Trinajstić information content (AvgIpc) is 3.38. The van der Waals surface area contributed by atoms with E-state index in [1.807, 2.05) is 18.2 Å². The van der Waals surface area contributed by atoms with E-state index in [2.05, 4.69) is 31.4 Å². The summed E-state index contributed by atoms with van der Waals surface area (Å²) in [5.41, 5.74) is 3.41. The van der Waals surface area contributed by atoms with Crippen LogP contribution in [0.25, 0.3) is 0 Å². The van der Waals surface area contributed by atoms with Gasteiger partial charge in [0.05, 0.1) is 6.10 Å². The summed E-state index contributed by atoms with van der Waals surface area (Å²) in [5.74, 6) is -0.144. The van der Waals surface area contributed by atoms with Gasteiger partial charge in [-0.1, -0.05) is 23.5 Å². The van der Waals surface area contributed by atoms with Crippen molar-refractivity contribution in [1.82, 2.24) is 20.0 Å². The minimum Gasteiger partial charge on any atom is -0.377 e. The topological polar surface area (TPSA) is 70.6 Å². The molecule has 0 radical (unpaired) electrons. The highest BCUT2D eigenvalue weighted by Gasteiger charge is 2.23. The van der Waals surface area contributed by atoms with Gasteiger partial charge in [-0.3, -0.25) is 19.9 Å². The summed E-state index contributed by atoms with van der Waals surface area (Å²) in [4.78, 5) is 17.3. The molecule has 0 bridgehead atoms. The third-order valence-electron chi connectivity index (χ3n) is 5.13. The fourth-order valence-electron chi connectivity index (χ4n) is 3.67. The number of piperazine rings is 1. The van der Waals surface area contributed by atoms with E-state index in [9.17, 15) is 4.79 Å². The van der Waals surface area contributed by atoms with Crippen LogP contribution in [-0.4, -0.2) is 71.3 Å². The molecule has 8 heteroatoms. The van der Waals surface area contributed by atoms with Crippen LogP contribution >= 0.6 is 11.3 Å². The van der Waals surface area contributed by atoms with Gasteiger partial charge >= 0.3 is 0 Å². The number of benzene rings is 1. The summed E-state index contributed by atoms with van der Waals surface area (Å²) < 4.78 is 5.75. The van der Waals surface area contributed by atoms with E-state index in [0.717, 1.165) is 51.4 Å². The van der Waals surface area contributed by atoms with Crippen molar-refractivity contribution in [2.24, 2.45) is 0 Å². The Kier molecular flexibility index (Phi) is 6.08. The molecule has 2 aromatic rings. The molecule has 2 aliphatic heterocycles. The lowest BCUT2D eigenvalue weighted by molar-refractivity contribution is 0.0489.